The highest BCUT2D eigenvalue weighted by Crippen LogP contribution is 2.39. The molecule has 4 rings (SSSR count). The zero-order valence-corrected chi connectivity index (χ0v) is 18.7. The Kier molecular flexibility index (Phi) is 5.81. The van der Waals surface area contributed by atoms with Gasteiger partial charge < -0.3 is 20.1 Å². The topological polar surface area (TPSA) is 77.9 Å². The molecule has 2 aliphatic rings. The van der Waals surface area contributed by atoms with Crippen LogP contribution in [-0.2, 0) is 11.3 Å². The van der Waals surface area contributed by atoms with Crippen LogP contribution in [0.15, 0.2) is 36.9 Å². The molecular weight excluding hydrogens is 411 g/mol. The minimum absolute atomic E-state index is 0.0212. The Morgan fingerprint density at radius 2 is 2.16 bits per heavy atom. The molecule has 0 unspecified atom stereocenters. The molecule has 1 atom stereocenters. The number of halogens is 1. The Labute approximate surface area is 187 Å². The number of hydrogen-bond donors (Lipinski definition) is 2. The van der Waals surface area contributed by atoms with Crippen molar-refractivity contribution < 1.29 is 19.0 Å². The van der Waals surface area contributed by atoms with Gasteiger partial charge in [-0.2, -0.15) is 0 Å². The van der Waals surface area contributed by atoms with Crippen molar-refractivity contribution in [2.45, 2.75) is 38.9 Å². The van der Waals surface area contributed by atoms with E-state index in [-0.39, 0.29) is 28.8 Å². The van der Waals surface area contributed by atoms with Crippen molar-refractivity contribution in [2.75, 3.05) is 31.6 Å². The fraction of sp³-hybridized carbons (Fsp3) is 0.417. The number of aromatic hydroxyl groups is 1. The number of anilines is 1. The summed E-state index contributed by atoms with van der Waals surface area (Å²) in [5, 5.41) is 13.7. The van der Waals surface area contributed by atoms with Crippen LogP contribution in [0.25, 0.3) is 11.3 Å². The number of rotatable bonds is 3. The molecule has 8 heteroatoms. The van der Waals surface area contributed by atoms with Gasteiger partial charge in [0, 0.05) is 37.8 Å². The van der Waals surface area contributed by atoms with Crippen LogP contribution in [0.3, 0.4) is 0 Å². The lowest BCUT2D eigenvalue weighted by molar-refractivity contribution is -0.129. The summed E-state index contributed by atoms with van der Waals surface area (Å²) in [7, 11) is 0. The largest absolute Gasteiger partial charge is 0.507 e. The lowest BCUT2D eigenvalue weighted by atomic mass is 10.0. The first-order chi connectivity index (χ1) is 15.2. The Balaban J connectivity index is 1.75. The van der Waals surface area contributed by atoms with Crippen molar-refractivity contribution in [3.05, 3.63) is 48.3 Å². The number of pyridine rings is 1. The van der Waals surface area contributed by atoms with E-state index in [0.717, 1.165) is 5.56 Å². The van der Waals surface area contributed by atoms with E-state index in [1.165, 1.54) is 24.3 Å². The second-order valence-corrected chi connectivity index (χ2v) is 9.27. The number of phenolic OH excluding ortho intramolecular Hbond substituents is 1. The van der Waals surface area contributed by atoms with Gasteiger partial charge in [-0.25, -0.2) is 9.37 Å². The molecule has 1 saturated heterocycles. The van der Waals surface area contributed by atoms with Gasteiger partial charge in [0.1, 0.15) is 29.7 Å². The van der Waals surface area contributed by atoms with E-state index in [4.69, 9.17) is 9.72 Å². The van der Waals surface area contributed by atoms with Gasteiger partial charge in [0.15, 0.2) is 0 Å². The molecular formula is C24H29FN4O3. The monoisotopic (exact) mass is 440 g/mol. The summed E-state index contributed by atoms with van der Waals surface area (Å²) >= 11 is 0. The molecule has 3 heterocycles. The van der Waals surface area contributed by atoms with E-state index in [0.29, 0.717) is 50.0 Å². The lowest BCUT2D eigenvalue weighted by Crippen LogP contribution is -2.55. The molecule has 0 aliphatic carbocycles. The fourth-order valence-electron chi connectivity index (χ4n) is 4.16. The van der Waals surface area contributed by atoms with Crippen LogP contribution in [0, 0.1) is 5.82 Å². The van der Waals surface area contributed by atoms with Gasteiger partial charge in [0.05, 0.1) is 22.9 Å². The first-order valence-corrected chi connectivity index (χ1v) is 10.7. The van der Waals surface area contributed by atoms with Gasteiger partial charge in [-0.05, 0) is 39.0 Å². The van der Waals surface area contributed by atoms with Crippen LogP contribution >= 0.6 is 0 Å². The molecule has 1 fully saturated rings. The number of nitrogens with one attached hydrogen (secondary N) is 1. The number of nitrogens with zero attached hydrogens (tertiary/aromatic N) is 3. The van der Waals surface area contributed by atoms with E-state index in [1.807, 2.05) is 20.8 Å². The Morgan fingerprint density at radius 3 is 2.84 bits per heavy atom. The zero-order valence-electron chi connectivity index (χ0n) is 18.7. The van der Waals surface area contributed by atoms with Gasteiger partial charge in [0.2, 0.25) is 5.91 Å². The van der Waals surface area contributed by atoms with Crippen LogP contribution in [0.2, 0.25) is 0 Å². The second kappa shape index (κ2) is 8.43. The molecule has 32 heavy (non-hydrogen) atoms. The van der Waals surface area contributed by atoms with Crippen LogP contribution in [0.4, 0.5) is 10.2 Å². The van der Waals surface area contributed by atoms with Crippen molar-refractivity contribution in [1.82, 2.24) is 14.8 Å². The number of amides is 1. The number of benzene rings is 1. The third-order valence-corrected chi connectivity index (χ3v) is 5.71. The maximum atomic E-state index is 14.6. The minimum Gasteiger partial charge on any atom is -0.507 e. The number of phenols is 1. The normalized spacial score (nSPS) is 18.8. The number of fused-ring (bicyclic) bond motifs is 2. The van der Waals surface area contributed by atoms with Crippen molar-refractivity contribution in [1.29, 1.82) is 0 Å². The smallest absolute Gasteiger partial charge is 0.246 e. The van der Waals surface area contributed by atoms with Gasteiger partial charge >= 0.3 is 0 Å². The van der Waals surface area contributed by atoms with E-state index in [9.17, 15) is 14.3 Å². The average Bonchev–Trinajstić information content (AvgIpc) is 2.91. The number of ether oxygens (including phenoxy) is 1. The lowest BCUT2D eigenvalue weighted by Gasteiger charge is -2.39. The van der Waals surface area contributed by atoms with Crippen molar-refractivity contribution in [2.24, 2.45) is 0 Å². The summed E-state index contributed by atoms with van der Waals surface area (Å²) in [4.78, 5) is 20.9. The molecule has 2 aliphatic heterocycles. The van der Waals surface area contributed by atoms with Gasteiger partial charge in [-0.3, -0.25) is 9.69 Å². The van der Waals surface area contributed by atoms with E-state index in [1.54, 1.807) is 11.0 Å². The molecule has 2 aromatic rings. The van der Waals surface area contributed by atoms with E-state index < -0.39 is 5.82 Å². The minimum atomic E-state index is -0.552. The number of piperazine rings is 1. The van der Waals surface area contributed by atoms with Crippen LogP contribution in [0.1, 0.15) is 26.3 Å². The highest BCUT2D eigenvalue weighted by atomic mass is 19.1. The van der Waals surface area contributed by atoms with Gasteiger partial charge in [-0.1, -0.05) is 12.6 Å². The number of aromatic nitrogens is 1. The molecule has 1 amide bonds. The molecule has 0 saturated carbocycles. The maximum Gasteiger partial charge on any atom is 0.246 e. The summed E-state index contributed by atoms with van der Waals surface area (Å²) in [6.45, 7) is 12.5. The summed E-state index contributed by atoms with van der Waals surface area (Å²) < 4.78 is 20.8. The molecule has 0 radical (unpaired) electrons. The predicted octanol–water partition coefficient (Wildman–Crippen LogP) is 3.39. The molecule has 0 spiro atoms. The fourth-order valence-corrected chi connectivity index (χ4v) is 4.16. The van der Waals surface area contributed by atoms with Gasteiger partial charge in [0.25, 0.3) is 0 Å². The van der Waals surface area contributed by atoms with Crippen molar-refractivity contribution in [3.63, 3.8) is 0 Å². The van der Waals surface area contributed by atoms with E-state index in [2.05, 4.69) is 16.8 Å². The molecule has 1 aromatic carbocycles. The molecule has 0 bridgehead atoms. The molecule has 170 valence electrons. The second-order valence-electron chi connectivity index (χ2n) is 9.27. The Hall–Kier alpha value is -3.13. The first kappa shape index (κ1) is 22.1. The number of hydrogen-bond acceptors (Lipinski definition) is 6. The number of carbonyl (C=O) groups is 1. The average molecular weight is 441 g/mol. The molecule has 2 N–H and O–H groups in total. The highest BCUT2D eigenvalue weighted by molar-refractivity contribution is 5.87. The molecule has 7 nitrogen and oxygen atoms in total. The van der Waals surface area contributed by atoms with Crippen molar-refractivity contribution in [3.8, 4) is 22.8 Å². The maximum absolute atomic E-state index is 14.6. The summed E-state index contributed by atoms with van der Waals surface area (Å²) in [5.41, 5.74) is 0.929. The standard InChI is InChI=1S/C24H29FN4O3/c1-5-21(31)29-10-9-28-13-16-20(32-14-15(28)12-29)11-18(26-23(16)27-24(2,3)4)22-17(25)7-6-8-19(22)30/h5-8,11,15,30H,1,9-10,12-14H2,2-4H3,(H,26,27)/t15-/m1/s1. The first-order valence-electron chi connectivity index (χ1n) is 10.7. The SMILES string of the molecule is C=CC(=O)N1CCN2Cc3c(cc(-c4c(O)cccc4F)nc3NC(C)(C)C)OC[C@H]2C1. The zero-order chi connectivity index (χ0) is 23.0. The summed E-state index contributed by atoms with van der Waals surface area (Å²) in [6.07, 6.45) is 1.34. The Morgan fingerprint density at radius 1 is 1.38 bits per heavy atom. The van der Waals surface area contributed by atoms with Gasteiger partial charge in [-0.15, -0.1) is 0 Å². The van der Waals surface area contributed by atoms with Crippen LogP contribution in [-0.4, -0.2) is 63.6 Å². The van der Waals surface area contributed by atoms with Crippen molar-refractivity contribution >= 4 is 11.7 Å². The number of carbonyl (C=O) groups excluding carboxylic acids is 1. The Bertz CT molecular complexity index is 1030. The molecule has 1 aromatic heterocycles. The van der Waals surface area contributed by atoms with Crippen LogP contribution in [0.5, 0.6) is 11.5 Å². The summed E-state index contributed by atoms with van der Waals surface area (Å²) in [6, 6.07) is 5.90. The third kappa shape index (κ3) is 4.41. The third-order valence-electron chi connectivity index (χ3n) is 5.71. The quantitative estimate of drug-likeness (QED) is 0.713. The van der Waals surface area contributed by atoms with Crippen LogP contribution < -0.4 is 10.1 Å². The summed E-state index contributed by atoms with van der Waals surface area (Å²) in [5.74, 6) is 0.381. The van der Waals surface area contributed by atoms with E-state index >= 15 is 0 Å². The predicted molar refractivity (Wildman–Crippen MR) is 121 cm³/mol. The highest BCUT2D eigenvalue weighted by Gasteiger charge is 2.34.